The highest BCUT2D eigenvalue weighted by Crippen LogP contribution is 2.07. The molecule has 21 heavy (non-hydrogen) atoms. The molecule has 0 saturated heterocycles. The van der Waals surface area contributed by atoms with E-state index < -0.39 is 9.84 Å². The second-order valence-electron chi connectivity index (χ2n) is 5.33. The largest absolute Gasteiger partial charge is 0.229 e. The third-order valence-corrected chi connectivity index (χ3v) is 5.35. The molecule has 0 saturated carbocycles. The van der Waals surface area contributed by atoms with Crippen molar-refractivity contribution in [3.8, 4) is 0 Å². The first kappa shape index (κ1) is 15.8. The van der Waals surface area contributed by atoms with Gasteiger partial charge in [-0.3, -0.25) is 0 Å². The smallest absolute Gasteiger partial charge is 0.150 e. The van der Waals surface area contributed by atoms with Crippen molar-refractivity contribution in [2.75, 3.05) is 11.5 Å². The van der Waals surface area contributed by atoms with Gasteiger partial charge in [-0.1, -0.05) is 60.7 Å². The summed E-state index contributed by atoms with van der Waals surface area (Å²) < 4.78 is 24.0. The number of benzene rings is 2. The van der Waals surface area contributed by atoms with Crippen LogP contribution in [0.4, 0.5) is 0 Å². The highest BCUT2D eigenvalue weighted by molar-refractivity contribution is 7.91. The summed E-state index contributed by atoms with van der Waals surface area (Å²) in [6.45, 7) is 0. The molecule has 0 radical (unpaired) electrons. The lowest BCUT2D eigenvalue weighted by molar-refractivity contribution is 0.590. The fourth-order valence-electron chi connectivity index (χ4n) is 2.38. The lowest BCUT2D eigenvalue weighted by Gasteiger charge is -2.05. The Labute approximate surface area is 127 Å². The highest BCUT2D eigenvalue weighted by atomic mass is 32.2. The number of hydrogen-bond acceptors (Lipinski definition) is 2. The fraction of sp³-hybridized carbons (Fsp3) is 0.333. The molecular weight excluding hydrogens is 280 g/mol. The molecule has 2 aromatic carbocycles. The second kappa shape index (κ2) is 7.99. The van der Waals surface area contributed by atoms with Gasteiger partial charge in [0.25, 0.3) is 0 Å². The van der Waals surface area contributed by atoms with Crippen LogP contribution in [0, 0.1) is 0 Å². The molecule has 0 spiro atoms. The van der Waals surface area contributed by atoms with Crippen molar-refractivity contribution < 1.29 is 8.42 Å². The van der Waals surface area contributed by atoms with Crippen LogP contribution in [0.1, 0.15) is 24.0 Å². The zero-order valence-electron chi connectivity index (χ0n) is 12.2. The van der Waals surface area contributed by atoms with Crippen molar-refractivity contribution in [3.05, 3.63) is 71.8 Å². The van der Waals surface area contributed by atoms with Crippen LogP contribution in [0.15, 0.2) is 60.7 Å². The molecule has 0 heterocycles. The zero-order valence-corrected chi connectivity index (χ0v) is 13.1. The fourth-order valence-corrected chi connectivity index (χ4v) is 3.76. The van der Waals surface area contributed by atoms with Crippen LogP contribution in [0.2, 0.25) is 0 Å². The predicted octanol–water partition coefficient (Wildman–Crippen LogP) is 3.67. The van der Waals surface area contributed by atoms with Crippen LogP contribution >= 0.6 is 0 Å². The number of aryl methyl sites for hydroxylation is 2. The standard InChI is InChI=1S/C18H22O2S/c19-21(20,15-7-13-17-9-3-1-4-10-17)16-8-14-18-11-5-2-6-12-18/h1-6,9-12H,7-8,13-16H2. The first-order valence-corrected chi connectivity index (χ1v) is 9.26. The third-order valence-electron chi connectivity index (χ3n) is 3.53. The van der Waals surface area contributed by atoms with Crippen LogP contribution in [-0.2, 0) is 22.7 Å². The minimum absolute atomic E-state index is 0.288. The van der Waals surface area contributed by atoms with Crippen LogP contribution < -0.4 is 0 Å². The second-order valence-corrected chi connectivity index (χ2v) is 7.63. The summed E-state index contributed by atoms with van der Waals surface area (Å²) in [5.41, 5.74) is 2.41. The molecule has 0 aliphatic heterocycles. The molecule has 2 nitrogen and oxygen atoms in total. The van der Waals surface area contributed by atoms with E-state index >= 15 is 0 Å². The van der Waals surface area contributed by atoms with Crippen molar-refractivity contribution >= 4 is 9.84 Å². The van der Waals surface area contributed by atoms with Crippen LogP contribution in [-0.4, -0.2) is 19.9 Å². The van der Waals surface area contributed by atoms with E-state index in [1.165, 1.54) is 11.1 Å². The molecule has 0 atom stereocenters. The summed E-state index contributed by atoms with van der Waals surface area (Å²) >= 11 is 0. The van der Waals surface area contributed by atoms with Gasteiger partial charge in [-0.25, -0.2) is 8.42 Å². The van der Waals surface area contributed by atoms with Gasteiger partial charge in [0.05, 0.1) is 11.5 Å². The molecule has 2 rings (SSSR count). The SMILES string of the molecule is O=S(=O)(CCCc1ccccc1)CCCc1ccccc1. The highest BCUT2D eigenvalue weighted by Gasteiger charge is 2.10. The van der Waals surface area contributed by atoms with Gasteiger partial charge in [-0.05, 0) is 36.8 Å². The number of sulfone groups is 1. The van der Waals surface area contributed by atoms with E-state index in [0.29, 0.717) is 12.8 Å². The van der Waals surface area contributed by atoms with Crippen LogP contribution in [0.25, 0.3) is 0 Å². The minimum atomic E-state index is -2.92. The van der Waals surface area contributed by atoms with E-state index in [0.717, 1.165) is 12.8 Å². The molecule has 0 amide bonds. The molecule has 0 fully saturated rings. The van der Waals surface area contributed by atoms with Crippen molar-refractivity contribution in [2.45, 2.75) is 25.7 Å². The molecule has 112 valence electrons. The van der Waals surface area contributed by atoms with Gasteiger partial charge in [0.1, 0.15) is 9.84 Å². The van der Waals surface area contributed by atoms with Gasteiger partial charge in [-0.2, -0.15) is 0 Å². The Hall–Kier alpha value is -1.61. The Morgan fingerprint density at radius 2 is 1.00 bits per heavy atom. The summed E-state index contributed by atoms with van der Waals surface area (Å²) in [7, 11) is -2.92. The van der Waals surface area contributed by atoms with Crippen LogP contribution in [0.3, 0.4) is 0 Å². The Balaban J connectivity index is 1.70. The zero-order chi connectivity index (χ0) is 15.0. The maximum atomic E-state index is 12.0. The number of rotatable bonds is 8. The minimum Gasteiger partial charge on any atom is -0.229 e. The van der Waals surface area contributed by atoms with E-state index in [9.17, 15) is 8.42 Å². The van der Waals surface area contributed by atoms with E-state index in [4.69, 9.17) is 0 Å². The van der Waals surface area contributed by atoms with Gasteiger partial charge in [0, 0.05) is 0 Å². The summed E-state index contributed by atoms with van der Waals surface area (Å²) in [5, 5.41) is 0. The Kier molecular flexibility index (Phi) is 6.00. The summed E-state index contributed by atoms with van der Waals surface area (Å²) in [5.74, 6) is 0.577. The average molecular weight is 302 g/mol. The van der Waals surface area contributed by atoms with Gasteiger partial charge >= 0.3 is 0 Å². The third kappa shape index (κ3) is 6.13. The Bertz CT molecular complexity index is 567. The quantitative estimate of drug-likeness (QED) is 0.745. The lowest BCUT2D eigenvalue weighted by Crippen LogP contribution is -2.12. The molecule has 0 aliphatic rings. The topological polar surface area (TPSA) is 34.1 Å². The monoisotopic (exact) mass is 302 g/mol. The molecule has 0 aromatic heterocycles. The Morgan fingerprint density at radius 3 is 1.38 bits per heavy atom. The van der Waals surface area contributed by atoms with Crippen molar-refractivity contribution in [1.29, 1.82) is 0 Å². The van der Waals surface area contributed by atoms with E-state index in [1.807, 2.05) is 60.7 Å². The first-order chi connectivity index (χ1) is 10.2. The molecule has 0 aliphatic carbocycles. The molecule has 3 heteroatoms. The summed E-state index contributed by atoms with van der Waals surface area (Å²) in [6, 6.07) is 20.1. The molecular formula is C18H22O2S. The van der Waals surface area contributed by atoms with Crippen LogP contribution in [0.5, 0.6) is 0 Å². The number of hydrogen-bond donors (Lipinski definition) is 0. The van der Waals surface area contributed by atoms with E-state index in [1.54, 1.807) is 0 Å². The van der Waals surface area contributed by atoms with Gasteiger partial charge in [-0.15, -0.1) is 0 Å². The molecule has 0 N–H and O–H groups in total. The van der Waals surface area contributed by atoms with Crippen molar-refractivity contribution in [1.82, 2.24) is 0 Å². The maximum absolute atomic E-state index is 12.0. The average Bonchev–Trinajstić information content (AvgIpc) is 2.49. The van der Waals surface area contributed by atoms with Crippen molar-refractivity contribution in [2.24, 2.45) is 0 Å². The molecule has 0 bridgehead atoms. The van der Waals surface area contributed by atoms with E-state index in [2.05, 4.69) is 0 Å². The van der Waals surface area contributed by atoms with Gasteiger partial charge < -0.3 is 0 Å². The lowest BCUT2D eigenvalue weighted by atomic mass is 10.1. The summed E-state index contributed by atoms with van der Waals surface area (Å²) in [6.07, 6.45) is 3.08. The van der Waals surface area contributed by atoms with Gasteiger partial charge in [0.2, 0.25) is 0 Å². The normalized spacial score (nSPS) is 11.4. The van der Waals surface area contributed by atoms with Gasteiger partial charge in [0.15, 0.2) is 0 Å². The molecule has 0 unspecified atom stereocenters. The predicted molar refractivity (Wildman–Crippen MR) is 88.2 cm³/mol. The summed E-state index contributed by atoms with van der Waals surface area (Å²) in [4.78, 5) is 0. The van der Waals surface area contributed by atoms with E-state index in [-0.39, 0.29) is 11.5 Å². The Morgan fingerprint density at radius 1 is 0.619 bits per heavy atom. The van der Waals surface area contributed by atoms with Crippen molar-refractivity contribution in [3.63, 3.8) is 0 Å². The maximum Gasteiger partial charge on any atom is 0.150 e. The first-order valence-electron chi connectivity index (χ1n) is 7.44. The molecule has 2 aromatic rings.